The molecule has 3 nitrogen and oxygen atoms in total. The standard InChI is InChI=1S/C14H15NO2/c1-16-12-8-9-13(14(10-12)17-2)15-11-6-4-3-5-7-11/h3-10,15H,1-2H3. The Morgan fingerprint density at radius 3 is 2.29 bits per heavy atom. The Hall–Kier alpha value is -2.16. The van der Waals surface area contributed by atoms with Crippen molar-refractivity contribution < 1.29 is 9.47 Å². The Balaban J connectivity index is 2.26. The molecule has 0 unspecified atom stereocenters. The first-order valence-electron chi connectivity index (χ1n) is 5.37. The second-order valence-electron chi connectivity index (χ2n) is 3.56. The van der Waals surface area contributed by atoms with Gasteiger partial charge in [0, 0.05) is 11.8 Å². The molecule has 0 saturated heterocycles. The largest absolute Gasteiger partial charge is 0.497 e. The molecule has 1 N–H and O–H groups in total. The van der Waals surface area contributed by atoms with E-state index in [9.17, 15) is 0 Å². The van der Waals surface area contributed by atoms with Crippen molar-refractivity contribution in [3.8, 4) is 11.5 Å². The third-order valence-corrected chi connectivity index (χ3v) is 2.46. The molecule has 17 heavy (non-hydrogen) atoms. The van der Waals surface area contributed by atoms with Gasteiger partial charge in [0.25, 0.3) is 0 Å². The molecule has 0 aliphatic heterocycles. The number of anilines is 2. The molecule has 88 valence electrons. The third-order valence-electron chi connectivity index (χ3n) is 2.46. The highest BCUT2D eigenvalue weighted by Gasteiger charge is 2.04. The van der Waals surface area contributed by atoms with Crippen LogP contribution in [0.5, 0.6) is 11.5 Å². The number of hydrogen-bond acceptors (Lipinski definition) is 3. The molecule has 0 aliphatic carbocycles. The molecule has 0 spiro atoms. The third kappa shape index (κ3) is 2.69. The monoisotopic (exact) mass is 229 g/mol. The minimum absolute atomic E-state index is 0.758. The molecular formula is C14H15NO2. The highest BCUT2D eigenvalue weighted by molar-refractivity contribution is 5.67. The molecule has 0 fully saturated rings. The number of nitrogens with one attached hydrogen (secondary N) is 1. The van der Waals surface area contributed by atoms with Crippen LogP contribution in [0.3, 0.4) is 0 Å². The van der Waals surface area contributed by atoms with E-state index in [2.05, 4.69) is 5.32 Å². The molecule has 0 radical (unpaired) electrons. The van der Waals surface area contributed by atoms with Crippen LogP contribution < -0.4 is 14.8 Å². The van der Waals surface area contributed by atoms with Crippen molar-refractivity contribution in [2.24, 2.45) is 0 Å². The van der Waals surface area contributed by atoms with Gasteiger partial charge in [0.05, 0.1) is 19.9 Å². The van der Waals surface area contributed by atoms with E-state index in [1.165, 1.54) is 0 Å². The molecule has 2 aromatic carbocycles. The zero-order chi connectivity index (χ0) is 12.1. The first-order valence-corrected chi connectivity index (χ1v) is 5.37. The van der Waals surface area contributed by atoms with Crippen LogP contribution in [-0.4, -0.2) is 14.2 Å². The van der Waals surface area contributed by atoms with Crippen LogP contribution in [0.25, 0.3) is 0 Å². The van der Waals surface area contributed by atoms with Gasteiger partial charge in [-0.15, -0.1) is 0 Å². The molecule has 3 heteroatoms. The van der Waals surface area contributed by atoms with Crippen molar-refractivity contribution in [3.05, 3.63) is 48.5 Å². The zero-order valence-electron chi connectivity index (χ0n) is 9.94. The Morgan fingerprint density at radius 2 is 1.65 bits per heavy atom. The van der Waals surface area contributed by atoms with Crippen molar-refractivity contribution in [1.29, 1.82) is 0 Å². The Bertz CT molecular complexity index is 483. The smallest absolute Gasteiger partial charge is 0.145 e. The Kier molecular flexibility index (Phi) is 3.50. The Labute approximate surface area is 101 Å². The highest BCUT2D eigenvalue weighted by Crippen LogP contribution is 2.31. The van der Waals surface area contributed by atoms with E-state index in [4.69, 9.17) is 9.47 Å². The number of methoxy groups -OCH3 is 2. The molecule has 0 aliphatic rings. The fraction of sp³-hybridized carbons (Fsp3) is 0.143. The van der Waals surface area contributed by atoms with Crippen LogP contribution in [0.15, 0.2) is 48.5 Å². The van der Waals surface area contributed by atoms with E-state index < -0.39 is 0 Å². The van der Waals surface area contributed by atoms with Gasteiger partial charge < -0.3 is 14.8 Å². The summed E-state index contributed by atoms with van der Waals surface area (Å²) in [5.41, 5.74) is 1.94. The molecule has 0 heterocycles. The first-order chi connectivity index (χ1) is 8.33. The van der Waals surface area contributed by atoms with Gasteiger partial charge in [-0.1, -0.05) is 18.2 Å². The maximum absolute atomic E-state index is 5.32. The van der Waals surface area contributed by atoms with E-state index in [0.717, 1.165) is 22.9 Å². The maximum Gasteiger partial charge on any atom is 0.145 e. The van der Waals surface area contributed by atoms with E-state index in [1.54, 1.807) is 14.2 Å². The summed E-state index contributed by atoms with van der Waals surface area (Å²) >= 11 is 0. The van der Waals surface area contributed by atoms with Gasteiger partial charge in [0.1, 0.15) is 11.5 Å². The van der Waals surface area contributed by atoms with Crippen LogP contribution in [0.4, 0.5) is 11.4 Å². The average molecular weight is 229 g/mol. The second kappa shape index (κ2) is 5.25. The fourth-order valence-corrected chi connectivity index (χ4v) is 1.58. The van der Waals surface area contributed by atoms with Crippen LogP contribution in [-0.2, 0) is 0 Å². The molecule has 0 saturated carbocycles. The predicted octanol–water partition coefficient (Wildman–Crippen LogP) is 3.45. The van der Waals surface area contributed by atoms with Crippen molar-refractivity contribution in [3.63, 3.8) is 0 Å². The van der Waals surface area contributed by atoms with Gasteiger partial charge in [-0.3, -0.25) is 0 Å². The number of ether oxygens (including phenoxy) is 2. The average Bonchev–Trinajstić information content (AvgIpc) is 2.40. The number of para-hydroxylation sites is 1. The van der Waals surface area contributed by atoms with Gasteiger partial charge in [-0.05, 0) is 24.3 Å². The summed E-state index contributed by atoms with van der Waals surface area (Å²) in [6.07, 6.45) is 0. The van der Waals surface area contributed by atoms with Gasteiger partial charge >= 0.3 is 0 Å². The first kappa shape index (κ1) is 11.3. The number of rotatable bonds is 4. The van der Waals surface area contributed by atoms with Gasteiger partial charge in [0.15, 0.2) is 0 Å². The lowest BCUT2D eigenvalue weighted by atomic mass is 10.2. The minimum atomic E-state index is 0.758. The van der Waals surface area contributed by atoms with Crippen molar-refractivity contribution in [2.45, 2.75) is 0 Å². The normalized spacial score (nSPS) is 9.76. The summed E-state index contributed by atoms with van der Waals surface area (Å²) in [6.45, 7) is 0. The number of hydrogen-bond donors (Lipinski definition) is 1. The fourth-order valence-electron chi connectivity index (χ4n) is 1.58. The summed E-state index contributed by atoms with van der Waals surface area (Å²) in [7, 11) is 3.28. The molecule has 0 amide bonds. The van der Waals surface area contributed by atoms with E-state index in [-0.39, 0.29) is 0 Å². The summed E-state index contributed by atoms with van der Waals surface area (Å²) in [6, 6.07) is 15.6. The second-order valence-corrected chi connectivity index (χ2v) is 3.56. The predicted molar refractivity (Wildman–Crippen MR) is 69.3 cm³/mol. The van der Waals surface area contributed by atoms with E-state index >= 15 is 0 Å². The topological polar surface area (TPSA) is 30.5 Å². The van der Waals surface area contributed by atoms with Crippen LogP contribution in [0.1, 0.15) is 0 Å². The van der Waals surface area contributed by atoms with Gasteiger partial charge in [-0.25, -0.2) is 0 Å². The minimum Gasteiger partial charge on any atom is -0.497 e. The summed E-state index contributed by atoms with van der Waals surface area (Å²) in [4.78, 5) is 0. The number of benzene rings is 2. The summed E-state index contributed by atoms with van der Waals surface area (Å²) in [5, 5.41) is 3.29. The molecular weight excluding hydrogens is 214 g/mol. The molecule has 2 aromatic rings. The van der Waals surface area contributed by atoms with Crippen LogP contribution in [0.2, 0.25) is 0 Å². The van der Waals surface area contributed by atoms with Gasteiger partial charge in [0.2, 0.25) is 0 Å². The quantitative estimate of drug-likeness (QED) is 0.871. The van der Waals surface area contributed by atoms with Gasteiger partial charge in [-0.2, -0.15) is 0 Å². The lowest BCUT2D eigenvalue weighted by Gasteiger charge is -2.12. The van der Waals surface area contributed by atoms with Crippen molar-refractivity contribution >= 4 is 11.4 Å². The lowest BCUT2D eigenvalue weighted by molar-refractivity contribution is 0.395. The van der Waals surface area contributed by atoms with Crippen molar-refractivity contribution in [2.75, 3.05) is 19.5 Å². The summed E-state index contributed by atoms with van der Waals surface area (Å²) in [5.74, 6) is 1.54. The molecule has 0 aromatic heterocycles. The van der Waals surface area contributed by atoms with Crippen LogP contribution >= 0.6 is 0 Å². The molecule has 0 atom stereocenters. The highest BCUT2D eigenvalue weighted by atomic mass is 16.5. The zero-order valence-corrected chi connectivity index (χ0v) is 9.94. The van der Waals surface area contributed by atoms with E-state index in [0.29, 0.717) is 0 Å². The van der Waals surface area contributed by atoms with Crippen molar-refractivity contribution in [1.82, 2.24) is 0 Å². The lowest BCUT2D eigenvalue weighted by Crippen LogP contribution is -1.95. The SMILES string of the molecule is COc1ccc(Nc2ccccc2)c(OC)c1. The van der Waals surface area contributed by atoms with E-state index in [1.807, 2.05) is 48.5 Å². The Morgan fingerprint density at radius 1 is 0.882 bits per heavy atom. The molecule has 0 bridgehead atoms. The molecule has 2 rings (SSSR count). The van der Waals surface area contributed by atoms with Crippen LogP contribution in [0, 0.1) is 0 Å². The maximum atomic E-state index is 5.32. The summed E-state index contributed by atoms with van der Waals surface area (Å²) < 4.78 is 10.5.